The predicted molar refractivity (Wildman–Crippen MR) is 98.6 cm³/mol. The molecule has 0 aliphatic rings. The van der Waals surface area contributed by atoms with Gasteiger partial charge in [-0.3, -0.25) is 9.59 Å². The van der Waals surface area contributed by atoms with Crippen LogP contribution in [0.5, 0.6) is 5.75 Å². The average molecular weight is 391 g/mol. The Bertz CT molecular complexity index is 730. The van der Waals surface area contributed by atoms with Gasteiger partial charge in [0.05, 0.1) is 12.2 Å². The van der Waals surface area contributed by atoms with E-state index in [9.17, 15) is 9.59 Å². The molecule has 0 unspecified atom stereocenters. The van der Waals surface area contributed by atoms with Crippen molar-refractivity contribution in [2.75, 3.05) is 17.2 Å². The average Bonchev–Trinajstić information content (AvgIpc) is 2.58. The molecule has 0 bridgehead atoms. The number of halogens is 1. The summed E-state index contributed by atoms with van der Waals surface area (Å²) in [6.07, 6.45) is 0.418. The molecule has 6 heteroatoms. The molecular formula is C18H19BrN2O3. The zero-order valence-electron chi connectivity index (χ0n) is 13.6. The summed E-state index contributed by atoms with van der Waals surface area (Å²) in [5, 5.41) is 5.59. The molecule has 0 aromatic heterocycles. The lowest BCUT2D eigenvalue weighted by molar-refractivity contribution is -0.115. The molecule has 0 spiro atoms. The van der Waals surface area contributed by atoms with Crippen LogP contribution in [0.2, 0.25) is 0 Å². The molecule has 2 aromatic carbocycles. The maximum atomic E-state index is 12.5. The Morgan fingerprint density at radius 2 is 1.62 bits per heavy atom. The van der Waals surface area contributed by atoms with E-state index in [2.05, 4.69) is 26.6 Å². The Balaban J connectivity index is 2.12. The van der Waals surface area contributed by atoms with E-state index in [0.717, 1.165) is 4.47 Å². The molecule has 0 aliphatic heterocycles. The van der Waals surface area contributed by atoms with Crippen LogP contribution in [-0.2, 0) is 4.79 Å². The first kappa shape index (κ1) is 18.0. The van der Waals surface area contributed by atoms with Crippen LogP contribution in [-0.4, -0.2) is 18.4 Å². The van der Waals surface area contributed by atoms with E-state index in [1.165, 1.54) is 0 Å². The fraction of sp³-hybridized carbons (Fsp3) is 0.222. The molecule has 0 heterocycles. The second-order valence-electron chi connectivity index (χ2n) is 5.01. The number of nitrogens with one attached hydrogen (secondary N) is 2. The molecule has 0 radical (unpaired) electrons. The molecule has 0 fully saturated rings. The predicted octanol–water partition coefficient (Wildman–Crippen LogP) is 4.45. The summed E-state index contributed by atoms with van der Waals surface area (Å²) in [4.78, 5) is 23.8. The summed E-state index contributed by atoms with van der Waals surface area (Å²) in [6.45, 7) is 4.14. The largest absolute Gasteiger partial charge is 0.493 e. The monoisotopic (exact) mass is 390 g/mol. The van der Waals surface area contributed by atoms with Crippen LogP contribution >= 0.6 is 15.9 Å². The quantitative estimate of drug-likeness (QED) is 0.765. The number of ether oxygens (including phenoxy) is 1. The minimum atomic E-state index is -0.259. The van der Waals surface area contributed by atoms with Gasteiger partial charge in [0.1, 0.15) is 5.75 Å². The van der Waals surface area contributed by atoms with Crippen molar-refractivity contribution < 1.29 is 14.3 Å². The van der Waals surface area contributed by atoms with E-state index in [0.29, 0.717) is 35.7 Å². The molecule has 0 atom stereocenters. The molecule has 5 nitrogen and oxygen atoms in total. The first-order valence-corrected chi connectivity index (χ1v) is 8.46. The lowest BCUT2D eigenvalue weighted by atomic mass is 10.1. The molecule has 0 saturated heterocycles. The fourth-order valence-corrected chi connectivity index (χ4v) is 2.41. The normalized spacial score (nSPS) is 10.1. The Kier molecular flexibility index (Phi) is 6.37. The van der Waals surface area contributed by atoms with Gasteiger partial charge in [-0.05, 0) is 49.4 Å². The van der Waals surface area contributed by atoms with Gasteiger partial charge < -0.3 is 15.4 Å². The van der Waals surface area contributed by atoms with Crippen LogP contribution in [0.15, 0.2) is 46.9 Å². The lowest BCUT2D eigenvalue weighted by Gasteiger charge is -2.11. The van der Waals surface area contributed by atoms with Crippen molar-refractivity contribution in [2.45, 2.75) is 20.3 Å². The molecule has 2 N–H and O–H groups in total. The second kappa shape index (κ2) is 8.49. The van der Waals surface area contributed by atoms with Gasteiger partial charge in [0.2, 0.25) is 5.91 Å². The Morgan fingerprint density at radius 3 is 2.21 bits per heavy atom. The zero-order valence-corrected chi connectivity index (χ0v) is 15.1. The van der Waals surface area contributed by atoms with Gasteiger partial charge in [-0.15, -0.1) is 0 Å². The summed E-state index contributed by atoms with van der Waals surface area (Å²) in [5.41, 5.74) is 1.78. The Morgan fingerprint density at radius 1 is 1.00 bits per heavy atom. The van der Waals surface area contributed by atoms with E-state index in [1.54, 1.807) is 43.3 Å². The number of hydrogen-bond acceptors (Lipinski definition) is 3. The van der Waals surface area contributed by atoms with Crippen LogP contribution in [0, 0.1) is 0 Å². The summed E-state index contributed by atoms with van der Waals surface area (Å²) >= 11 is 3.36. The topological polar surface area (TPSA) is 67.4 Å². The third-order valence-electron chi connectivity index (χ3n) is 3.23. The number of amides is 2. The smallest absolute Gasteiger partial charge is 0.259 e. The highest BCUT2D eigenvalue weighted by molar-refractivity contribution is 9.10. The van der Waals surface area contributed by atoms with Gasteiger partial charge in [-0.2, -0.15) is 0 Å². The van der Waals surface area contributed by atoms with Crippen molar-refractivity contribution in [2.24, 2.45) is 0 Å². The molecular weight excluding hydrogens is 372 g/mol. The van der Waals surface area contributed by atoms with E-state index >= 15 is 0 Å². The van der Waals surface area contributed by atoms with E-state index in [4.69, 9.17) is 4.74 Å². The van der Waals surface area contributed by atoms with E-state index in [1.807, 2.05) is 13.0 Å². The number of rotatable bonds is 6. The van der Waals surface area contributed by atoms with Crippen LogP contribution in [0.3, 0.4) is 0 Å². The van der Waals surface area contributed by atoms with Gasteiger partial charge >= 0.3 is 0 Å². The van der Waals surface area contributed by atoms with Gasteiger partial charge in [-0.25, -0.2) is 0 Å². The van der Waals surface area contributed by atoms with Crippen LogP contribution < -0.4 is 15.4 Å². The first-order valence-electron chi connectivity index (χ1n) is 7.67. The van der Waals surface area contributed by atoms with Crippen LogP contribution in [0.1, 0.15) is 30.6 Å². The maximum absolute atomic E-state index is 12.5. The number of hydrogen-bond donors (Lipinski definition) is 2. The Hall–Kier alpha value is -2.34. The third-order valence-corrected chi connectivity index (χ3v) is 3.73. The zero-order chi connectivity index (χ0) is 17.5. The Labute approximate surface area is 149 Å². The number of anilines is 2. The SMILES string of the molecule is CCOc1ccc(Br)cc1C(=O)Nc1ccc(NC(=O)CC)cc1. The van der Waals surface area contributed by atoms with Crippen molar-refractivity contribution >= 4 is 39.1 Å². The van der Waals surface area contributed by atoms with Gasteiger partial charge in [0, 0.05) is 22.3 Å². The standard InChI is InChI=1S/C18H19BrN2O3/c1-3-17(22)20-13-6-8-14(9-7-13)21-18(23)15-11-12(19)5-10-16(15)24-4-2/h5-11H,3-4H2,1-2H3,(H,20,22)(H,21,23). The third kappa shape index (κ3) is 4.83. The van der Waals surface area contributed by atoms with Crippen molar-refractivity contribution in [3.8, 4) is 5.75 Å². The highest BCUT2D eigenvalue weighted by Gasteiger charge is 2.13. The van der Waals surface area contributed by atoms with Crippen molar-refractivity contribution in [3.63, 3.8) is 0 Å². The highest BCUT2D eigenvalue weighted by Crippen LogP contribution is 2.24. The summed E-state index contributed by atoms with van der Waals surface area (Å²) in [7, 11) is 0. The van der Waals surface area contributed by atoms with Crippen molar-refractivity contribution in [1.29, 1.82) is 0 Å². The number of carbonyl (C=O) groups is 2. The molecule has 0 aliphatic carbocycles. The highest BCUT2D eigenvalue weighted by atomic mass is 79.9. The van der Waals surface area contributed by atoms with Crippen LogP contribution in [0.4, 0.5) is 11.4 Å². The maximum Gasteiger partial charge on any atom is 0.259 e. The van der Waals surface area contributed by atoms with E-state index in [-0.39, 0.29) is 11.8 Å². The first-order chi connectivity index (χ1) is 11.5. The molecule has 2 amide bonds. The number of benzene rings is 2. The van der Waals surface area contributed by atoms with Gasteiger partial charge in [0.15, 0.2) is 0 Å². The van der Waals surface area contributed by atoms with Crippen LogP contribution in [0.25, 0.3) is 0 Å². The minimum absolute atomic E-state index is 0.0534. The van der Waals surface area contributed by atoms with Gasteiger partial charge in [0.25, 0.3) is 5.91 Å². The minimum Gasteiger partial charge on any atom is -0.493 e. The molecule has 126 valence electrons. The van der Waals surface area contributed by atoms with Crippen molar-refractivity contribution in [1.82, 2.24) is 0 Å². The number of carbonyl (C=O) groups excluding carboxylic acids is 2. The van der Waals surface area contributed by atoms with Crippen molar-refractivity contribution in [3.05, 3.63) is 52.5 Å². The van der Waals surface area contributed by atoms with E-state index < -0.39 is 0 Å². The lowest BCUT2D eigenvalue weighted by Crippen LogP contribution is -2.14. The van der Waals surface area contributed by atoms with Gasteiger partial charge in [-0.1, -0.05) is 22.9 Å². The summed E-state index contributed by atoms with van der Waals surface area (Å²) in [6, 6.07) is 12.3. The fourth-order valence-electron chi connectivity index (χ4n) is 2.05. The summed E-state index contributed by atoms with van der Waals surface area (Å²) in [5.74, 6) is 0.220. The summed E-state index contributed by atoms with van der Waals surface area (Å²) < 4.78 is 6.30. The molecule has 0 saturated carbocycles. The molecule has 2 aromatic rings. The molecule has 24 heavy (non-hydrogen) atoms. The molecule has 2 rings (SSSR count). The second-order valence-corrected chi connectivity index (χ2v) is 5.92.